The Morgan fingerprint density at radius 1 is 0.966 bits per heavy atom. The molecule has 0 N–H and O–H groups in total. The molecule has 0 radical (unpaired) electrons. The predicted molar refractivity (Wildman–Crippen MR) is 117 cm³/mol. The maximum absolute atomic E-state index is 12.3. The van der Waals surface area contributed by atoms with Gasteiger partial charge in [0.25, 0.3) is 0 Å². The number of methoxy groups -OCH3 is 1. The first-order valence-electron chi connectivity index (χ1n) is 9.59. The number of rotatable bonds is 6. The lowest BCUT2D eigenvalue weighted by molar-refractivity contribution is 0.415. The van der Waals surface area contributed by atoms with E-state index in [1.54, 1.807) is 7.11 Å². The molecule has 0 bridgehead atoms. The van der Waals surface area contributed by atoms with Gasteiger partial charge in [-0.1, -0.05) is 6.92 Å². The summed E-state index contributed by atoms with van der Waals surface area (Å²) >= 11 is -0.962. The smallest absolute Gasteiger partial charge is 0.235 e. The molecular weight excluding hydrogens is 382 g/mol. The fourth-order valence-electron chi connectivity index (χ4n) is 3.31. The number of aromatic nitrogens is 3. The van der Waals surface area contributed by atoms with Crippen LogP contribution >= 0.6 is 0 Å². The standard InChI is InChI=1S/C23H23N3O2S/c1-4-15-29(27)20-11-7-18(8-12-20)22-21(17-5-9-19(28-3)10-6-17)25-23-24-16(2)13-14-26(22)23/h5-14H,4,15H2,1-3H3. The van der Waals surface area contributed by atoms with Crippen molar-refractivity contribution in [2.45, 2.75) is 25.2 Å². The third-order valence-corrected chi connectivity index (χ3v) is 6.35. The minimum atomic E-state index is -0.962. The summed E-state index contributed by atoms with van der Waals surface area (Å²) in [6.07, 6.45) is 2.89. The van der Waals surface area contributed by atoms with Crippen molar-refractivity contribution in [2.75, 3.05) is 12.9 Å². The van der Waals surface area contributed by atoms with Crippen LogP contribution < -0.4 is 4.74 Å². The van der Waals surface area contributed by atoms with Crippen LogP contribution in [0, 0.1) is 6.92 Å². The van der Waals surface area contributed by atoms with E-state index in [4.69, 9.17) is 9.72 Å². The Hall–Kier alpha value is -2.83. The van der Waals surface area contributed by atoms with Gasteiger partial charge >= 0.3 is 0 Å². The van der Waals surface area contributed by atoms with Gasteiger partial charge in [-0.25, -0.2) is 9.97 Å². The van der Waals surface area contributed by atoms with Crippen LogP contribution in [0.5, 0.6) is 5.75 Å². The summed E-state index contributed by atoms with van der Waals surface area (Å²) in [7, 11) is 1.65. The molecule has 4 rings (SSSR count). The van der Waals surface area contributed by atoms with Gasteiger partial charge in [0.05, 0.1) is 18.5 Å². The Morgan fingerprint density at radius 2 is 1.66 bits per heavy atom. The fraction of sp³-hybridized carbons (Fsp3) is 0.217. The number of hydrogen-bond donors (Lipinski definition) is 0. The van der Waals surface area contributed by atoms with Crippen LogP contribution in [0.2, 0.25) is 0 Å². The molecule has 0 aliphatic heterocycles. The van der Waals surface area contributed by atoms with Crippen LogP contribution in [0.25, 0.3) is 28.3 Å². The van der Waals surface area contributed by atoms with Gasteiger partial charge in [0.1, 0.15) is 11.5 Å². The van der Waals surface area contributed by atoms with Crippen molar-refractivity contribution < 1.29 is 9.29 Å². The second kappa shape index (κ2) is 8.27. The Bertz CT molecular complexity index is 1120. The van der Waals surface area contributed by atoms with Gasteiger partial charge in [-0.3, -0.25) is 4.40 Å². The fourth-order valence-corrected chi connectivity index (χ4v) is 4.36. The molecule has 0 aliphatic carbocycles. The molecule has 0 fully saturated rings. The van der Waals surface area contributed by atoms with Gasteiger partial charge < -0.3 is 9.29 Å². The lowest BCUT2D eigenvalue weighted by Crippen LogP contribution is -2.05. The lowest BCUT2D eigenvalue weighted by atomic mass is 10.0. The number of hydrogen-bond acceptors (Lipinski definition) is 4. The first kappa shape index (κ1) is 19.5. The van der Waals surface area contributed by atoms with Crippen molar-refractivity contribution in [3.63, 3.8) is 0 Å². The molecule has 1 atom stereocenters. The maximum atomic E-state index is 12.3. The maximum Gasteiger partial charge on any atom is 0.235 e. The molecule has 2 heterocycles. The zero-order valence-electron chi connectivity index (χ0n) is 16.8. The molecular formula is C23H23N3O2S. The summed E-state index contributed by atoms with van der Waals surface area (Å²) in [4.78, 5) is 10.3. The van der Waals surface area contributed by atoms with Crippen molar-refractivity contribution in [2.24, 2.45) is 0 Å². The average molecular weight is 406 g/mol. The summed E-state index contributed by atoms with van der Waals surface area (Å²) < 4.78 is 19.6. The molecule has 6 heteroatoms. The Balaban J connectivity index is 1.85. The van der Waals surface area contributed by atoms with Gasteiger partial charge in [0.15, 0.2) is 4.90 Å². The van der Waals surface area contributed by atoms with Crippen molar-refractivity contribution in [3.8, 4) is 28.3 Å². The largest absolute Gasteiger partial charge is 0.611 e. The van der Waals surface area contributed by atoms with Crippen molar-refractivity contribution in [3.05, 3.63) is 66.5 Å². The summed E-state index contributed by atoms with van der Waals surface area (Å²) in [5, 5.41) is 0. The lowest BCUT2D eigenvalue weighted by Gasteiger charge is -2.11. The Kier molecular flexibility index (Phi) is 5.56. The topological polar surface area (TPSA) is 62.5 Å². The molecule has 0 saturated carbocycles. The van der Waals surface area contributed by atoms with E-state index >= 15 is 0 Å². The number of imidazole rings is 1. The highest BCUT2D eigenvalue weighted by Gasteiger charge is 2.18. The average Bonchev–Trinajstić information content (AvgIpc) is 3.12. The van der Waals surface area contributed by atoms with Crippen molar-refractivity contribution in [1.82, 2.24) is 14.4 Å². The molecule has 148 valence electrons. The van der Waals surface area contributed by atoms with Crippen LogP contribution in [0.1, 0.15) is 19.0 Å². The Morgan fingerprint density at radius 3 is 2.31 bits per heavy atom. The van der Waals surface area contributed by atoms with Crippen molar-refractivity contribution >= 4 is 17.0 Å². The van der Waals surface area contributed by atoms with E-state index in [1.165, 1.54) is 0 Å². The van der Waals surface area contributed by atoms with E-state index < -0.39 is 11.2 Å². The van der Waals surface area contributed by atoms with Crippen LogP contribution in [0.15, 0.2) is 65.7 Å². The quantitative estimate of drug-likeness (QED) is 0.428. The first-order valence-corrected chi connectivity index (χ1v) is 10.9. The number of nitrogens with zero attached hydrogens (tertiary/aromatic N) is 3. The number of aryl methyl sites for hydroxylation is 1. The van der Waals surface area contributed by atoms with E-state index in [2.05, 4.69) is 4.98 Å². The summed E-state index contributed by atoms with van der Waals surface area (Å²) in [6.45, 7) is 4.00. The third kappa shape index (κ3) is 3.86. The molecule has 2 aromatic carbocycles. The van der Waals surface area contributed by atoms with Crippen LogP contribution in [0.4, 0.5) is 0 Å². The SMILES string of the molecule is CCC[S+]([O-])c1ccc(-c2c(-c3ccc(OC)cc3)nc3nc(C)ccn23)cc1. The second-order valence-corrected chi connectivity index (χ2v) is 8.42. The molecule has 0 saturated heterocycles. The minimum Gasteiger partial charge on any atom is -0.611 e. The van der Waals surface area contributed by atoms with Gasteiger partial charge in [-0.15, -0.1) is 0 Å². The number of ether oxygens (including phenoxy) is 1. The zero-order valence-corrected chi connectivity index (χ0v) is 17.6. The molecule has 2 aromatic heterocycles. The van der Waals surface area contributed by atoms with E-state index in [1.807, 2.05) is 79.0 Å². The molecule has 5 nitrogen and oxygen atoms in total. The monoisotopic (exact) mass is 405 g/mol. The molecule has 29 heavy (non-hydrogen) atoms. The van der Waals surface area contributed by atoms with Crippen LogP contribution in [-0.4, -0.2) is 31.8 Å². The van der Waals surface area contributed by atoms with E-state index in [-0.39, 0.29) is 0 Å². The number of benzene rings is 2. The van der Waals surface area contributed by atoms with E-state index in [0.717, 1.165) is 45.3 Å². The van der Waals surface area contributed by atoms with Crippen LogP contribution in [-0.2, 0) is 11.2 Å². The molecule has 1 unspecified atom stereocenters. The Labute approximate surface area is 173 Å². The van der Waals surface area contributed by atoms with E-state index in [0.29, 0.717) is 11.5 Å². The molecule has 4 aromatic rings. The summed E-state index contributed by atoms with van der Waals surface area (Å²) in [5.41, 5.74) is 4.73. The minimum absolute atomic E-state index is 0.657. The normalized spacial score (nSPS) is 12.3. The molecule has 0 spiro atoms. The van der Waals surface area contributed by atoms with Crippen LogP contribution in [0.3, 0.4) is 0 Å². The molecule has 0 amide bonds. The first-order chi connectivity index (χ1) is 14.1. The van der Waals surface area contributed by atoms with Crippen molar-refractivity contribution in [1.29, 1.82) is 0 Å². The third-order valence-electron chi connectivity index (χ3n) is 4.78. The van der Waals surface area contributed by atoms with Gasteiger partial charge in [0.2, 0.25) is 5.78 Å². The predicted octanol–water partition coefficient (Wildman–Crippen LogP) is 4.90. The highest BCUT2D eigenvalue weighted by atomic mass is 32.2. The van der Waals surface area contributed by atoms with E-state index in [9.17, 15) is 4.55 Å². The van der Waals surface area contributed by atoms with Gasteiger partial charge in [-0.2, -0.15) is 0 Å². The number of fused-ring (bicyclic) bond motifs is 1. The second-order valence-electron chi connectivity index (χ2n) is 6.85. The zero-order chi connectivity index (χ0) is 20.4. The highest BCUT2D eigenvalue weighted by Crippen LogP contribution is 2.33. The van der Waals surface area contributed by atoms with Gasteiger partial charge in [-0.05, 0) is 79.1 Å². The summed E-state index contributed by atoms with van der Waals surface area (Å²) in [5.74, 6) is 2.13. The summed E-state index contributed by atoms with van der Waals surface area (Å²) in [6, 6.07) is 17.7. The van der Waals surface area contributed by atoms with Gasteiger partial charge in [0, 0.05) is 23.0 Å². The highest BCUT2D eigenvalue weighted by molar-refractivity contribution is 7.91. The molecule has 0 aliphatic rings.